The summed E-state index contributed by atoms with van der Waals surface area (Å²) in [7, 11) is 1.61. The number of carbonyl (C=O) groups excluding carboxylic acids is 1. The smallest absolute Gasteiger partial charge is 0.257 e. The Kier molecular flexibility index (Phi) is 6.82. The predicted molar refractivity (Wildman–Crippen MR) is 80.4 cm³/mol. The van der Waals surface area contributed by atoms with Gasteiger partial charge in [0.1, 0.15) is 5.75 Å². The van der Waals surface area contributed by atoms with E-state index in [1.54, 1.807) is 24.1 Å². The molecule has 20 heavy (non-hydrogen) atoms. The number of halogens is 1. The molecule has 1 rings (SSSR count). The van der Waals surface area contributed by atoms with E-state index in [1.165, 1.54) is 6.07 Å². The molecule has 1 N–H and O–H groups in total. The van der Waals surface area contributed by atoms with Crippen LogP contribution in [0.4, 0.5) is 0 Å². The summed E-state index contributed by atoms with van der Waals surface area (Å²) in [4.78, 5) is 14.4. The number of ether oxygens (including phenoxy) is 1. The molecular formula is C15H22ClNO3. The van der Waals surface area contributed by atoms with Crippen molar-refractivity contribution in [3.05, 3.63) is 28.8 Å². The molecule has 0 saturated carbocycles. The first-order chi connectivity index (χ1) is 9.54. The van der Waals surface area contributed by atoms with E-state index in [0.29, 0.717) is 18.2 Å². The van der Waals surface area contributed by atoms with E-state index >= 15 is 0 Å². The summed E-state index contributed by atoms with van der Waals surface area (Å²) in [6, 6.07) is 4.68. The molecule has 1 aromatic carbocycles. The number of carbonyl (C=O) groups is 1. The van der Waals surface area contributed by atoms with Crippen LogP contribution in [-0.2, 0) is 4.74 Å². The number of hydrogen-bond acceptors (Lipinski definition) is 3. The second kappa shape index (κ2) is 8.12. The number of phenols is 1. The quantitative estimate of drug-likeness (QED) is 0.840. The van der Waals surface area contributed by atoms with Crippen LogP contribution in [0, 0.1) is 0 Å². The average Bonchev–Trinajstić information content (AvgIpc) is 2.43. The molecule has 0 unspecified atom stereocenters. The largest absolute Gasteiger partial charge is 0.507 e. The molecular weight excluding hydrogens is 278 g/mol. The maximum absolute atomic E-state index is 12.6. The van der Waals surface area contributed by atoms with Gasteiger partial charge in [-0.1, -0.05) is 25.4 Å². The third kappa shape index (κ3) is 4.12. The second-order valence-electron chi connectivity index (χ2n) is 4.62. The van der Waals surface area contributed by atoms with Crippen molar-refractivity contribution in [2.75, 3.05) is 20.3 Å². The summed E-state index contributed by atoms with van der Waals surface area (Å²) >= 11 is 5.80. The van der Waals surface area contributed by atoms with Crippen LogP contribution in [0.2, 0.25) is 5.02 Å². The molecule has 0 fully saturated rings. The summed E-state index contributed by atoms with van der Waals surface area (Å²) in [5, 5.41) is 10.3. The maximum Gasteiger partial charge on any atom is 0.257 e. The van der Waals surface area contributed by atoms with Gasteiger partial charge in [0.05, 0.1) is 12.2 Å². The highest BCUT2D eigenvalue weighted by molar-refractivity contribution is 6.30. The van der Waals surface area contributed by atoms with Crippen molar-refractivity contribution in [1.82, 2.24) is 4.90 Å². The molecule has 0 aliphatic carbocycles. The highest BCUT2D eigenvalue weighted by Gasteiger charge is 2.24. The lowest BCUT2D eigenvalue weighted by molar-refractivity contribution is 0.0586. The number of phenolic OH excluding ortho intramolecular Hbond substituents is 1. The van der Waals surface area contributed by atoms with Gasteiger partial charge in [-0.3, -0.25) is 4.79 Å². The Morgan fingerprint density at radius 1 is 1.40 bits per heavy atom. The fourth-order valence-electron chi connectivity index (χ4n) is 2.21. The van der Waals surface area contributed by atoms with Gasteiger partial charge in [0.2, 0.25) is 0 Å². The second-order valence-corrected chi connectivity index (χ2v) is 5.06. The lowest BCUT2D eigenvalue weighted by Gasteiger charge is -2.30. The molecule has 5 heteroatoms. The number of rotatable bonds is 7. The van der Waals surface area contributed by atoms with Crippen LogP contribution in [0.25, 0.3) is 0 Å². The third-order valence-electron chi connectivity index (χ3n) is 3.37. The molecule has 0 radical (unpaired) electrons. The minimum atomic E-state index is -0.190. The summed E-state index contributed by atoms with van der Waals surface area (Å²) < 4.78 is 5.07. The number of hydrogen-bond donors (Lipinski definition) is 1. The Hall–Kier alpha value is -1.26. The van der Waals surface area contributed by atoms with Crippen LogP contribution >= 0.6 is 11.6 Å². The SMILES string of the molecule is CCC(CC)N(CCOC)C(=O)c1ccc(Cl)cc1O. The number of aromatic hydroxyl groups is 1. The Morgan fingerprint density at radius 3 is 2.55 bits per heavy atom. The van der Waals surface area contributed by atoms with E-state index in [-0.39, 0.29) is 23.3 Å². The average molecular weight is 300 g/mol. The first-order valence-electron chi connectivity index (χ1n) is 6.83. The molecule has 0 saturated heterocycles. The number of methoxy groups -OCH3 is 1. The fourth-order valence-corrected chi connectivity index (χ4v) is 2.38. The van der Waals surface area contributed by atoms with Crippen LogP contribution in [0.1, 0.15) is 37.0 Å². The van der Waals surface area contributed by atoms with Gasteiger partial charge in [0, 0.05) is 24.7 Å². The van der Waals surface area contributed by atoms with Crippen LogP contribution < -0.4 is 0 Å². The maximum atomic E-state index is 12.6. The van der Waals surface area contributed by atoms with Gasteiger partial charge < -0.3 is 14.7 Å². The van der Waals surface area contributed by atoms with Crippen molar-refractivity contribution in [3.8, 4) is 5.75 Å². The topological polar surface area (TPSA) is 49.8 Å². The molecule has 4 nitrogen and oxygen atoms in total. The molecule has 1 aromatic rings. The van der Waals surface area contributed by atoms with E-state index in [1.807, 2.05) is 13.8 Å². The Bertz CT molecular complexity index is 447. The van der Waals surface area contributed by atoms with Gasteiger partial charge in [-0.05, 0) is 31.0 Å². The lowest BCUT2D eigenvalue weighted by atomic mass is 10.1. The van der Waals surface area contributed by atoms with E-state index in [0.717, 1.165) is 12.8 Å². The van der Waals surface area contributed by atoms with Crippen molar-refractivity contribution in [2.45, 2.75) is 32.7 Å². The van der Waals surface area contributed by atoms with Gasteiger partial charge in [0.25, 0.3) is 5.91 Å². The number of benzene rings is 1. The lowest BCUT2D eigenvalue weighted by Crippen LogP contribution is -2.41. The van der Waals surface area contributed by atoms with Crippen molar-refractivity contribution in [2.24, 2.45) is 0 Å². The summed E-state index contributed by atoms with van der Waals surface area (Å²) in [6.07, 6.45) is 1.72. The minimum Gasteiger partial charge on any atom is -0.507 e. The van der Waals surface area contributed by atoms with Gasteiger partial charge >= 0.3 is 0 Å². The zero-order chi connectivity index (χ0) is 15.1. The first-order valence-corrected chi connectivity index (χ1v) is 7.21. The van der Waals surface area contributed by atoms with E-state index in [2.05, 4.69) is 0 Å². The molecule has 1 amide bonds. The summed E-state index contributed by atoms with van der Waals surface area (Å²) in [5.74, 6) is -0.277. The molecule has 0 atom stereocenters. The van der Waals surface area contributed by atoms with Crippen molar-refractivity contribution < 1.29 is 14.6 Å². The van der Waals surface area contributed by atoms with Crippen LogP contribution in [0.15, 0.2) is 18.2 Å². The Morgan fingerprint density at radius 2 is 2.05 bits per heavy atom. The van der Waals surface area contributed by atoms with E-state index in [9.17, 15) is 9.90 Å². The number of nitrogens with zero attached hydrogens (tertiary/aromatic N) is 1. The Labute approximate surface area is 125 Å². The van der Waals surface area contributed by atoms with Crippen molar-refractivity contribution >= 4 is 17.5 Å². The van der Waals surface area contributed by atoms with Gasteiger partial charge in [-0.15, -0.1) is 0 Å². The van der Waals surface area contributed by atoms with E-state index < -0.39 is 0 Å². The van der Waals surface area contributed by atoms with Crippen LogP contribution in [0.5, 0.6) is 5.75 Å². The highest BCUT2D eigenvalue weighted by Crippen LogP contribution is 2.24. The molecule has 0 bridgehead atoms. The minimum absolute atomic E-state index is 0.0872. The third-order valence-corrected chi connectivity index (χ3v) is 3.61. The van der Waals surface area contributed by atoms with Gasteiger partial charge in [-0.2, -0.15) is 0 Å². The van der Waals surface area contributed by atoms with Crippen LogP contribution in [0.3, 0.4) is 0 Å². The van der Waals surface area contributed by atoms with Crippen LogP contribution in [-0.4, -0.2) is 42.2 Å². The number of amides is 1. The zero-order valence-corrected chi connectivity index (χ0v) is 13.0. The normalized spacial score (nSPS) is 10.8. The Balaban J connectivity index is 3.02. The fraction of sp³-hybridized carbons (Fsp3) is 0.533. The first kappa shape index (κ1) is 16.8. The molecule has 0 aliphatic heterocycles. The van der Waals surface area contributed by atoms with Crippen molar-refractivity contribution in [3.63, 3.8) is 0 Å². The molecule has 0 heterocycles. The van der Waals surface area contributed by atoms with E-state index in [4.69, 9.17) is 16.3 Å². The molecule has 0 spiro atoms. The monoisotopic (exact) mass is 299 g/mol. The summed E-state index contributed by atoms with van der Waals surface area (Å²) in [5.41, 5.74) is 0.275. The van der Waals surface area contributed by atoms with Gasteiger partial charge in [-0.25, -0.2) is 0 Å². The van der Waals surface area contributed by atoms with Crippen molar-refractivity contribution in [1.29, 1.82) is 0 Å². The zero-order valence-electron chi connectivity index (χ0n) is 12.2. The predicted octanol–water partition coefficient (Wildman–Crippen LogP) is 3.32. The van der Waals surface area contributed by atoms with Gasteiger partial charge in [0.15, 0.2) is 0 Å². The molecule has 112 valence electrons. The highest BCUT2D eigenvalue weighted by atomic mass is 35.5. The standard InChI is InChI=1S/C15H22ClNO3/c1-4-12(5-2)17(8-9-20-3)15(19)13-7-6-11(16)10-14(13)18/h6-7,10,12,18H,4-5,8-9H2,1-3H3. The molecule has 0 aliphatic rings. The molecule has 0 aromatic heterocycles. The summed E-state index contributed by atoms with van der Waals surface area (Å²) in [6.45, 7) is 5.06.